The summed E-state index contributed by atoms with van der Waals surface area (Å²) in [6.07, 6.45) is 0. The molecule has 100 valence electrons. The van der Waals surface area contributed by atoms with Gasteiger partial charge in [-0.15, -0.1) is 0 Å². The van der Waals surface area contributed by atoms with E-state index in [0.717, 1.165) is 5.56 Å². The van der Waals surface area contributed by atoms with Crippen molar-refractivity contribution in [2.45, 2.75) is 31.7 Å². The number of benzene rings is 1. The first-order valence-electron chi connectivity index (χ1n) is 6.09. The van der Waals surface area contributed by atoms with Crippen molar-refractivity contribution in [3.63, 3.8) is 0 Å². The van der Waals surface area contributed by atoms with Crippen molar-refractivity contribution in [3.8, 4) is 0 Å². The van der Waals surface area contributed by atoms with Crippen LogP contribution in [0, 0.1) is 12.8 Å². The van der Waals surface area contributed by atoms with Crippen molar-refractivity contribution >= 4 is 10.0 Å². The molecule has 5 heteroatoms. The zero-order valence-electron chi connectivity index (χ0n) is 11.0. The molecule has 0 unspecified atom stereocenters. The molecule has 0 saturated carbocycles. The topological polar surface area (TPSA) is 46.6 Å². The molecule has 2 rings (SSSR count). The van der Waals surface area contributed by atoms with Crippen molar-refractivity contribution in [2.24, 2.45) is 5.92 Å². The number of ether oxygens (including phenoxy) is 1. The van der Waals surface area contributed by atoms with Gasteiger partial charge in [0.15, 0.2) is 0 Å². The average Bonchev–Trinajstić information content (AvgIpc) is 2.79. The van der Waals surface area contributed by atoms with Crippen LogP contribution in [-0.4, -0.2) is 32.1 Å². The minimum absolute atomic E-state index is 0.0729. The Bertz CT molecular complexity index is 508. The molecule has 1 saturated heterocycles. The van der Waals surface area contributed by atoms with Crippen molar-refractivity contribution in [1.82, 2.24) is 4.31 Å². The summed E-state index contributed by atoms with van der Waals surface area (Å²) in [5.74, 6) is 0.243. The smallest absolute Gasteiger partial charge is 0.245 e. The number of sulfonamides is 1. The minimum Gasteiger partial charge on any atom is -0.363 e. The number of rotatable bonds is 3. The number of hydrogen-bond acceptors (Lipinski definition) is 3. The predicted molar refractivity (Wildman–Crippen MR) is 69.6 cm³/mol. The Hall–Kier alpha value is -0.910. The lowest BCUT2D eigenvalue weighted by molar-refractivity contribution is 0.171. The highest BCUT2D eigenvalue weighted by molar-refractivity contribution is 7.89. The van der Waals surface area contributed by atoms with Crippen LogP contribution in [-0.2, 0) is 14.8 Å². The van der Waals surface area contributed by atoms with Crippen molar-refractivity contribution in [1.29, 1.82) is 0 Å². The first kappa shape index (κ1) is 13.5. The molecule has 1 fully saturated rings. The van der Waals surface area contributed by atoms with E-state index in [1.807, 2.05) is 32.9 Å². The number of aryl methyl sites for hydroxylation is 1. The molecule has 1 atom stereocenters. The summed E-state index contributed by atoms with van der Waals surface area (Å²) in [5, 5.41) is 0. The van der Waals surface area contributed by atoms with Gasteiger partial charge in [0.1, 0.15) is 6.73 Å². The maximum atomic E-state index is 12.5. The Morgan fingerprint density at radius 1 is 1.28 bits per heavy atom. The summed E-state index contributed by atoms with van der Waals surface area (Å²) in [6, 6.07) is 6.86. The average molecular weight is 269 g/mol. The van der Waals surface area contributed by atoms with E-state index in [4.69, 9.17) is 4.74 Å². The van der Waals surface area contributed by atoms with Gasteiger partial charge in [-0.1, -0.05) is 31.5 Å². The van der Waals surface area contributed by atoms with Gasteiger partial charge in [0.2, 0.25) is 10.0 Å². The maximum absolute atomic E-state index is 12.5. The minimum atomic E-state index is -3.44. The standard InChI is InChI=1S/C13H19NO3S/c1-10(2)13-8-17-9-14(13)18(15,16)12-6-4-11(3)5-7-12/h4-7,10,13H,8-9H2,1-3H3/t13-/m1/s1. The van der Waals surface area contributed by atoms with E-state index >= 15 is 0 Å². The first-order valence-corrected chi connectivity index (χ1v) is 7.53. The Kier molecular flexibility index (Phi) is 3.75. The van der Waals surface area contributed by atoms with Gasteiger partial charge in [-0.05, 0) is 25.0 Å². The van der Waals surface area contributed by atoms with Gasteiger partial charge in [-0.3, -0.25) is 0 Å². The van der Waals surface area contributed by atoms with E-state index in [1.165, 1.54) is 4.31 Å². The van der Waals surface area contributed by atoms with Crippen molar-refractivity contribution in [3.05, 3.63) is 29.8 Å². The fourth-order valence-corrected chi connectivity index (χ4v) is 3.69. The Labute approximate surface area is 109 Å². The monoisotopic (exact) mass is 269 g/mol. The zero-order valence-corrected chi connectivity index (χ0v) is 11.8. The van der Waals surface area contributed by atoms with Gasteiger partial charge in [0.25, 0.3) is 0 Å². The SMILES string of the molecule is Cc1ccc(S(=O)(=O)N2COC[C@@H]2C(C)C)cc1. The summed E-state index contributed by atoms with van der Waals surface area (Å²) in [5.41, 5.74) is 1.05. The number of nitrogens with zero attached hydrogens (tertiary/aromatic N) is 1. The van der Waals surface area contributed by atoms with Crippen LogP contribution in [0.15, 0.2) is 29.2 Å². The third kappa shape index (κ3) is 2.43. The quantitative estimate of drug-likeness (QED) is 0.843. The Morgan fingerprint density at radius 2 is 1.89 bits per heavy atom. The highest BCUT2D eigenvalue weighted by Crippen LogP contribution is 2.26. The summed E-state index contributed by atoms with van der Waals surface area (Å²) >= 11 is 0. The molecule has 0 spiro atoms. The molecule has 1 aromatic carbocycles. The number of hydrogen-bond donors (Lipinski definition) is 0. The summed E-state index contributed by atoms with van der Waals surface area (Å²) in [6.45, 7) is 6.59. The fraction of sp³-hybridized carbons (Fsp3) is 0.538. The summed E-state index contributed by atoms with van der Waals surface area (Å²) < 4.78 is 31.8. The lowest BCUT2D eigenvalue weighted by Crippen LogP contribution is -2.39. The third-order valence-corrected chi connectivity index (χ3v) is 5.14. The molecule has 0 radical (unpaired) electrons. The first-order chi connectivity index (χ1) is 8.43. The van der Waals surface area contributed by atoms with Gasteiger partial charge in [0, 0.05) is 0 Å². The molecule has 0 amide bonds. The molecule has 18 heavy (non-hydrogen) atoms. The molecular weight excluding hydrogens is 250 g/mol. The van der Waals surface area contributed by atoms with Crippen LogP contribution < -0.4 is 0 Å². The largest absolute Gasteiger partial charge is 0.363 e. The molecule has 0 aromatic heterocycles. The predicted octanol–water partition coefficient (Wildman–Crippen LogP) is 2.00. The van der Waals surface area contributed by atoms with Crippen LogP contribution in [0.3, 0.4) is 0 Å². The molecule has 0 bridgehead atoms. The van der Waals surface area contributed by atoms with Gasteiger partial charge in [0.05, 0.1) is 17.5 Å². The highest BCUT2D eigenvalue weighted by atomic mass is 32.2. The van der Waals surface area contributed by atoms with Crippen LogP contribution in [0.1, 0.15) is 19.4 Å². The second-order valence-corrected chi connectivity index (χ2v) is 6.91. The highest BCUT2D eigenvalue weighted by Gasteiger charge is 2.37. The third-order valence-electron chi connectivity index (χ3n) is 3.27. The van der Waals surface area contributed by atoms with E-state index in [2.05, 4.69) is 0 Å². The van der Waals surface area contributed by atoms with Gasteiger partial charge in [-0.25, -0.2) is 8.42 Å². The maximum Gasteiger partial charge on any atom is 0.245 e. The van der Waals surface area contributed by atoms with E-state index in [9.17, 15) is 8.42 Å². The summed E-state index contributed by atoms with van der Waals surface area (Å²) in [7, 11) is -3.44. The van der Waals surface area contributed by atoms with E-state index < -0.39 is 10.0 Å². The van der Waals surface area contributed by atoms with E-state index in [-0.39, 0.29) is 18.7 Å². The summed E-state index contributed by atoms with van der Waals surface area (Å²) in [4.78, 5) is 0.337. The molecule has 1 heterocycles. The molecule has 0 aliphatic carbocycles. The van der Waals surface area contributed by atoms with E-state index in [0.29, 0.717) is 11.5 Å². The second-order valence-electron chi connectivity index (χ2n) is 5.02. The van der Waals surface area contributed by atoms with Crippen LogP contribution in [0.25, 0.3) is 0 Å². The van der Waals surface area contributed by atoms with Gasteiger partial charge < -0.3 is 4.74 Å². The lowest BCUT2D eigenvalue weighted by atomic mass is 10.1. The van der Waals surface area contributed by atoms with Gasteiger partial charge in [-0.2, -0.15) is 4.31 Å². The van der Waals surface area contributed by atoms with E-state index in [1.54, 1.807) is 12.1 Å². The second kappa shape index (κ2) is 4.99. The fourth-order valence-electron chi connectivity index (χ4n) is 2.06. The molecule has 0 N–H and O–H groups in total. The molecule has 4 nitrogen and oxygen atoms in total. The van der Waals surface area contributed by atoms with Crippen molar-refractivity contribution in [2.75, 3.05) is 13.3 Å². The van der Waals surface area contributed by atoms with Crippen LogP contribution >= 0.6 is 0 Å². The van der Waals surface area contributed by atoms with Crippen LogP contribution in [0.4, 0.5) is 0 Å². The van der Waals surface area contributed by atoms with Crippen molar-refractivity contribution < 1.29 is 13.2 Å². The molecule has 1 aliphatic rings. The Morgan fingerprint density at radius 3 is 2.44 bits per heavy atom. The zero-order chi connectivity index (χ0) is 13.3. The lowest BCUT2D eigenvalue weighted by Gasteiger charge is -2.24. The van der Waals surface area contributed by atoms with Crippen LogP contribution in [0.2, 0.25) is 0 Å². The molecule has 1 aliphatic heterocycles. The molecule has 1 aromatic rings. The Balaban J connectivity index is 2.33. The van der Waals surface area contributed by atoms with Gasteiger partial charge >= 0.3 is 0 Å². The normalized spacial score (nSPS) is 21.7. The van der Waals surface area contributed by atoms with Crippen LogP contribution in [0.5, 0.6) is 0 Å². The molecular formula is C13H19NO3S.